The lowest BCUT2D eigenvalue weighted by Crippen LogP contribution is -2.47. The van der Waals surface area contributed by atoms with Crippen molar-refractivity contribution in [2.45, 2.75) is 25.9 Å². The molecule has 0 aliphatic heterocycles. The van der Waals surface area contributed by atoms with Crippen molar-refractivity contribution in [2.75, 3.05) is 27.2 Å². The van der Waals surface area contributed by atoms with Crippen molar-refractivity contribution >= 4 is 23.3 Å². The molecule has 1 aromatic carbocycles. The highest BCUT2D eigenvalue weighted by Gasteiger charge is 2.24. The van der Waals surface area contributed by atoms with E-state index < -0.39 is 11.5 Å². The largest absolute Gasteiger partial charge is 0.387 e. The molecule has 2 atom stereocenters. The van der Waals surface area contributed by atoms with E-state index in [0.717, 1.165) is 0 Å². The molecule has 0 spiro atoms. The summed E-state index contributed by atoms with van der Waals surface area (Å²) in [5, 5.41) is 13.4. The second kappa shape index (κ2) is 8.43. The molecule has 2 unspecified atom stereocenters. The number of nitrogens with zero attached hydrogens (tertiary/aromatic N) is 1. The normalized spacial score (nSPS) is 15.1. The molecule has 1 rings (SSSR count). The average Bonchev–Trinajstić information content (AvgIpc) is 2.44. The van der Waals surface area contributed by atoms with Crippen molar-refractivity contribution < 1.29 is 14.7 Å². The zero-order valence-electron chi connectivity index (χ0n) is 14.1. The van der Waals surface area contributed by atoms with E-state index in [2.05, 4.69) is 5.32 Å². The first-order valence-electron chi connectivity index (χ1n) is 7.54. The molecule has 23 heavy (non-hydrogen) atoms. The number of likely N-dealkylation sites (N-methyl/N-ethyl adjacent to an activating group) is 1. The van der Waals surface area contributed by atoms with Gasteiger partial charge < -0.3 is 15.3 Å². The first-order chi connectivity index (χ1) is 10.6. The maximum Gasteiger partial charge on any atom is 0.220 e. The van der Waals surface area contributed by atoms with Crippen LogP contribution in [-0.2, 0) is 4.79 Å². The standard InChI is InChI=1S/C17H25ClN2O3/c1-12(16(22)13-5-7-14(18)8-6-13)9-15(21)19-10-17(2,23)11-20(3)4/h5-8,12,23H,9-11H2,1-4H3,(H,19,21). The molecular formula is C17H25ClN2O3. The zero-order chi connectivity index (χ0) is 17.6. The van der Waals surface area contributed by atoms with Crippen LogP contribution in [0.2, 0.25) is 5.02 Å². The van der Waals surface area contributed by atoms with Crippen molar-refractivity contribution in [2.24, 2.45) is 5.92 Å². The molecule has 0 bridgehead atoms. The van der Waals surface area contributed by atoms with Crippen LogP contribution in [0.3, 0.4) is 0 Å². The third-order valence-corrected chi connectivity index (χ3v) is 3.64. The Bertz CT molecular complexity index is 541. The summed E-state index contributed by atoms with van der Waals surface area (Å²) in [7, 11) is 3.70. The Morgan fingerprint density at radius 2 is 1.87 bits per heavy atom. The number of hydrogen-bond donors (Lipinski definition) is 2. The lowest BCUT2D eigenvalue weighted by Gasteiger charge is -2.27. The predicted octanol–water partition coefficient (Wildman–Crippen LogP) is 1.98. The molecule has 0 aliphatic carbocycles. The fourth-order valence-corrected chi connectivity index (χ4v) is 2.49. The first-order valence-corrected chi connectivity index (χ1v) is 7.92. The van der Waals surface area contributed by atoms with Crippen molar-refractivity contribution in [3.63, 3.8) is 0 Å². The molecule has 6 heteroatoms. The van der Waals surface area contributed by atoms with Gasteiger partial charge in [-0.25, -0.2) is 0 Å². The van der Waals surface area contributed by atoms with Crippen LogP contribution in [0.1, 0.15) is 30.6 Å². The number of rotatable bonds is 8. The number of carbonyl (C=O) groups excluding carboxylic acids is 2. The van der Waals surface area contributed by atoms with Gasteiger partial charge in [0.1, 0.15) is 0 Å². The lowest BCUT2D eigenvalue weighted by atomic mass is 9.96. The summed E-state index contributed by atoms with van der Waals surface area (Å²) in [6, 6.07) is 6.61. The van der Waals surface area contributed by atoms with Crippen LogP contribution in [-0.4, -0.2) is 54.5 Å². The fraction of sp³-hybridized carbons (Fsp3) is 0.529. The maximum atomic E-state index is 12.3. The number of hydrogen-bond acceptors (Lipinski definition) is 4. The number of halogens is 1. The predicted molar refractivity (Wildman–Crippen MR) is 91.8 cm³/mol. The molecule has 0 fully saturated rings. The van der Waals surface area contributed by atoms with Crippen molar-refractivity contribution in [1.82, 2.24) is 10.2 Å². The molecule has 0 aromatic heterocycles. The van der Waals surface area contributed by atoms with Gasteiger partial charge in [0, 0.05) is 36.0 Å². The summed E-state index contributed by atoms with van der Waals surface area (Å²) < 4.78 is 0. The lowest BCUT2D eigenvalue weighted by molar-refractivity contribution is -0.122. The fourth-order valence-electron chi connectivity index (χ4n) is 2.37. The minimum atomic E-state index is -1.01. The Labute approximate surface area is 142 Å². The van der Waals surface area contributed by atoms with Gasteiger partial charge >= 0.3 is 0 Å². The Balaban J connectivity index is 2.50. The molecule has 128 valence electrons. The third kappa shape index (κ3) is 7.12. The van der Waals surface area contributed by atoms with E-state index in [4.69, 9.17) is 11.6 Å². The van der Waals surface area contributed by atoms with E-state index in [9.17, 15) is 14.7 Å². The molecule has 0 aliphatic rings. The van der Waals surface area contributed by atoms with E-state index in [0.29, 0.717) is 17.1 Å². The van der Waals surface area contributed by atoms with Gasteiger partial charge in [-0.15, -0.1) is 0 Å². The maximum absolute atomic E-state index is 12.3. The second-order valence-corrected chi connectivity index (χ2v) is 6.92. The van der Waals surface area contributed by atoms with Gasteiger partial charge in [-0.05, 0) is 45.3 Å². The van der Waals surface area contributed by atoms with Crippen LogP contribution >= 0.6 is 11.6 Å². The number of nitrogens with one attached hydrogen (secondary N) is 1. The summed E-state index contributed by atoms with van der Waals surface area (Å²) >= 11 is 5.80. The zero-order valence-corrected chi connectivity index (χ0v) is 14.9. The van der Waals surface area contributed by atoms with E-state index in [1.165, 1.54) is 0 Å². The van der Waals surface area contributed by atoms with Crippen LogP contribution in [0, 0.1) is 5.92 Å². The highest BCUT2D eigenvalue weighted by Crippen LogP contribution is 2.15. The van der Waals surface area contributed by atoms with Gasteiger partial charge in [-0.1, -0.05) is 18.5 Å². The summed E-state index contributed by atoms with van der Waals surface area (Å²) in [6.07, 6.45) is 0.0828. The molecule has 0 radical (unpaired) electrons. The number of Topliss-reactive ketones (excluding diaryl/α,β-unsaturated/α-hetero) is 1. The van der Waals surface area contributed by atoms with Crippen LogP contribution in [0.25, 0.3) is 0 Å². The van der Waals surface area contributed by atoms with Gasteiger partial charge in [0.15, 0.2) is 5.78 Å². The molecule has 1 aromatic rings. The summed E-state index contributed by atoms with van der Waals surface area (Å²) in [4.78, 5) is 26.1. The summed E-state index contributed by atoms with van der Waals surface area (Å²) in [5.41, 5.74) is -0.475. The van der Waals surface area contributed by atoms with Gasteiger partial charge in [0.25, 0.3) is 0 Å². The van der Waals surface area contributed by atoms with E-state index in [-0.39, 0.29) is 24.7 Å². The Morgan fingerprint density at radius 3 is 2.39 bits per heavy atom. The quantitative estimate of drug-likeness (QED) is 0.710. The van der Waals surface area contributed by atoms with Crippen LogP contribution < -0.4 is 5.32 Å². The van der Waals surface area contributed by atoms with Crippen molar-refractivity contribution in [3.8, 4) is 0 Å². The SMILES string of the molecule is CC(CC(=O)NCC(C)(O)CN(C)C)C(=O)c1ccc(Cl)cc1. The Hall–Kier alpha value is -1.43. The highest BCUT2D eigenvalue weighted by atomic mass is 35.5. The molecule has 1 amide bonds. The monoisotopic (exact) mass is 340 g/mol. The van der Waals surface area contributed by atoms with Gasteiger partial charge in [0.05, 0.1) is 5.60 Å². The molecule has 0 heterocycles. The van der Waals surface area contributed by atoms with Crippen LogP contribution in [0.4, 0.5) is 0 Å². The number of carbonyl (C=O) groups is 2. The first kappa shape index (κ1) is 19.6. The topological polar surface area (TPSA) is 69.6 Å². The Kier molecular flexibility index (Phi) is 7.19. The average molecular weight is 341 g/mol. The van der Waals surface area contributed by atoms with E-state index in [1.54, 1.807) is 38.1 Å². The Morgan fingerprint density at radius 1 is 1.30 bits per heavy atom. The third-order valence-electron chi connectivity index (χ3n) is 3.39. The van der Waals surface area contributed by atoms with E-state index >= 15 is 0 Å². The second-order valence-electron chi connectivity index (χ2n) is 6.49. The number of amides is 1. The minimum absolute atomic E-state index is 0.0828. The van der Waals surface area contributed by atoms with Crippen molar-refractivity contribution in [3.05, 3.63) is 34.9 Å². The molecule has 0 saturated carbocycles. The van der Waals surface area contributed by atoms with Crippen LogP contribution in [0.5, 0.6) is 0 Å². The smallest absolute Gasteiger partial charge is 0.220 e. The van der Waals surface area contributed by atoms with Crippen LogP contribution in [0.15, 0.2) is 24.3 Å². The van der Waals surface area contributed by atoms with Gasteiger partial charge in [-0.3, -0.25) is 9.59 Å². The number of benzene rings is 1. The molecular weight excluding hydrogens is 316 g/mol. The molecule has 5 nitrogen and oxygen atoms in total. The van der Waals surface area contributed by atoms with Gasteiger partial charge in [0.2, 0.25) is 5.91 Å². The van der Waals surface area contributed by atoms with Gasteiger partial charge in [-0.2, -0.15) is 0 Å². The summed E-state index contributed by atoms with van der Waals surface area (Å²) in [5.74, 6) is -0.786. The minimum Gasteiger partial charge on any atom is -0.387 e. The van der Waals surface area contributed by atoms with E-state index in [1.807, 2.05) is 19.0 Å². The number of aliphatic hydroxyl groups is 1. The molecule has 0 saturated heterocycles. The summed E-state index contributed by atoms with van der Waals surface area (Å²) in [6.45, 7) is 3.96. The number of ketones is 1. The van der Waals surface area contributed by atoms with Crippen molar-refractivity contribution in [1.29, 1.82) is 0 Å². The molecule has 2 N–H and O–H groups in total. The highest BCUT2D eigenvalue weighted by molar-refractivity contribution is 6.30.